The quantitative estimate of drug-likeness (QED) is 0.244. The third-order valence-electron chi connectivity index (χ3n) is 6.20. The third kappa shape index (κ3) is 9.73. The van der Waals surface area contributed by atoms with Crippen LogP contribution in [0.3, 0.4) is 0 Å². The van der Waals surface area contributed by atoms with Gasteiger partial charge in [0.2, 0.25) is 5.91 Å². The van der Waals surface area contributed by atoms with Crippen molar-refractivity contribution in [2.75, 3.05) is 36.4 Å². The summed E-state index contributed by atoms with van der Waals surface area (Å²) in [6, 6.07) is 4.19. The summed E-state index contributed by atoms with van der Waals surface area (Å²) in [5.74, 6) is 0.426. The molecule has 2 aromatic rings. The lowest BCUT2D eigenvalue weighted by molar-refractivity contribution is -0.147. The van der Waals surface area contributed by atoms with Gasteiger partial charge in [-0.15, -0.1) is 23.2 Å². The molecule has 0 unspecified atom stereocenters. The van der Waals surface area contributed by atoms with E-state index in [-0.39, 0.29) is 18.9 Å². The van der Waals surface area contributed by atoms with Crippen LogP contribution >= 0.6 is 23.2 Å². The number of anilines is 1. The number of alkyl carbamates (subject to hydrolysis) is 1. The summed E-state index contributed by atoms with van der Waals surface area (Å²) in [4.78, 5) is 45.2. The number of fused-ring (bicyclic) bond motifs is 1. The van der Waals surface area contributed by atoms with E-state index in [1.165, 1.54) is 0 Å². The number of hydrogen-bond donors (Lipinski definition) is 2. The molecule has 0 aliphatic rings. The standard InChI is InChI=1S/C28H43Cl2N5O5/c1-8-39-26(37)20(32-25(36)24(18(2)3)33-27(38)40-28(4,5)6)10-12-23-31-21-17-19(9-11-22(21)34(23)7)35(15-13-29)16-14-30/h9,11,17-18,20,24H,8,10,12-16H2,1-7H3,(H,32,36)(H,33,38)/t20-,24-/m0/s1. The molecule has 10 nitrogen and oxygen atoms in total. The Balaban J connectivity index is 2.22. The molecular formula is C28H43Cl2N5O5. The van der Waals surface area contributed by atoms with E-state index in [1.807, 2.05) is 29.8 Å². The van der Waals surface area contributed by atoms with Gasteiger partial charge in [-0.1, -0.05) is 13.8 Å². The number of amides is 2. The van der Waals surface area contributed by atoms with Crippen LogP contribution in [0.1, 0.15) is 53.8 Å². The van der Waals surface area contributed by atoms with Gasteiger partial charge in [0.05, 0.1) is 17.6 Å². The van der Waals surface area contributed by atoms with Gasteiger partial charge in [-0.25, -0.2) is 14.6 Å². The molecule has 0 radical (unpaired) electrons. The predicted molar refractivity (Wildman–Crippen MR) is 159 cm³/mol. The number of halogens is 2. The number of carbonyl (C=O) groups excluding carboxylic acids is 3. The van der Waals surface area contributed by atoms with Gasteiger partial charge < -0.3 is 29.6 Å². The summed E-state index contributed by atoms with van der Waals surface area (Å²) in [5, 5.41) is 5.39. The molecule has 0 fully saturated rings. The molecule has 1 heterocycles. The number of nitrogens with one attached hydrogen (secondary N) is 2. The molecule has 0 saturated heterocycles. The Labute approximate surface area is 247 Å². The highest BCUT2D eigenvalue weighted by molar-refractivity contribution is 6.18. The van der Waals surface area contributed by atoms with E-state index in [0.717, 1.165) is 22.5 Å². The Morgan fingerprint density at radius 3 is 2.30 bits per heavy atom. The van der Waals surface area contributed by atoms with Gasteiger partial charge in [0, 0.05) is 44.0 Å². The minimum absolute atomic E-state index is 0.172. The smallest absolute Gasteiger partial charge is 0.408 e. The Morgan fingerprint density at radius 2 is 1.75 bits per heavy atom. The second-order valence-electron chi connectivity index (χ2n) is 10.8. The predicted octanol–water partition coefficient (Wildman–Crippen LogP) is 4.39. The molecular weight excluding hydrogens is 557 g/mol. The van der Waals surface area contributed by atoms with Crippen molar-refractivity contribution in [1.82, 2.24) is 20.2 Å². The number of hydrogen-bond acceptors (Lipinski definition) is 7. The lowest BCUT2D eigenvalue weighted by atomic mass is 10.0. The first kappa shape index (κ1) is 33.5. The van der Waals surface area contributed by atoms with Gasteiger partial charge >= 0.3 is 12.1 Å². The second kappa shape index (κ2) is 15.3. The second-order valence-corrected chi connectivity index (χ2v) is 11.6. The number of rotatable bonds is 14. The normalized spacial score (nSPS) is 13.2. The minimum atomic E-state index is -0.924. The molecule has 224 valence electrons. The van der Waals surface area contributed by atoms with Crippen LogP contribution in [0.15, 0.2) is 18.2 Å². The van der Waals surface area contributed by atoms with Crippen molar-refractivity contribution in [2.45, 2.75) is 72.1 Å². The van der Waals surface area contributed by atoms with Crippen LogP contribution in [0, 0.1) is 5.92 Å². The topological polar surface area (TPSA) is 115 Å². The van der Waals surface area contributed by atoms with Crippen molar-refractivity contribution >= 4 is 57.9 Å². The fraction of sp³-hybridized carbons (Fsp3) is 0.643. The molecule has 0 aliphatic carbocycles. The number of carbonyl (C=O) groups is 3. The maximum atomic E-state index is 13.2. The Morgan fingerprint density at radius 1 is 1.10 bits per heavy atom. The number of ether oxygens (including phenoxy) is 2. The fourth-order valence-electron chi connectivity index (χ4n) is 4.23. The van der Waals surface area contributed by atoms with Gasteiger partial charge in [0.25, 0.3) is 0 Å². The molecule has 2 amide bonds. The van der Waals surface area contributed by atoms with Crippen molar-refractivity contribution in [3.8, 4) is 0 Å². The largest absolute Gasteiger partial charge is 0.464 e. The van der Waals surface area contributed by atoms with Crippen LogP contribution < -0.4 is 15.5 Å². The number of aryl methyl sites for hydroxylation is 2. The first-order valence-electron chi connectivity index (χ1n) is 13.6. The summed E-state index contributed by atoms with van der Waals surface area (Å²) in [6.07, 6.45) is -0.0385. The van der Waals surface area contributed by atoms with Crippen molar-refractivity contribution in [2.24, 2.45) is 13.0 Å². The zero-order valence-electron chi connectivity index (χ0n) is 24.6. The first-order chi connectivity index (χ1) is 18.8. The van der Waals surface area contributed by atoms with Crippen LogP contribution in [-0.2, 0) is 32.5 Å². The van der Waals surface area contributed by atoms with Crippen LogP contribution in [0.25, 0.3) is 11.0 Å². The molecule has 0 aliphatic heterocycles. The zero-order valence-corrected chi connectivity index (χ0v) is 26.1. The average molecular weight is 601 g/mol. The highest BCUT2D eigenvalue weighted by Crippen LogP contribution is 2.23. The Kier molecular flexibility index (Phi) is 12.8. The maximum absolute atomic E-state index is 13.2. The van der Waals surface area contributed by atoms with Crippen LogP contribution in [-0.4, -0.2) is 76.7 Å². The molecule has 12 heteroatoms. The summed E-state index contributed by atoms with van der Waals surface area (Å²) in [6.45, 7) is 12.0. The van der Waals surface area contributed by atoms with E-state index in [1.54, 1.807) is 41.5 Å². The van der Waals surface area contributed by atoms with Crippen molar-refractivity contribution in [1.29, 1.82) is 0 Å². The molecule has 0 bridgehead atoms. The number of esters is 1. The Bertz CT molecular complexity index is 1140. The van der Waals surface area contributed by atoms with Crippen LogP contribution in [0.4, 0.5) is 10.5 Å². The van der Waals surface area contributed by atoms with Crippen LogP contribution in [0.5, 0.6) is 0 Å². The van der Waals surface area contributed by atoms with E-state index < -0.39 is 35.7 Å². The minimum Gasteiger partial charge on any atom is -0.464 e. The molecule has 2 rings (SSSR count). The molecule has 0 spiro atoms. The van der Waals surface area contributed by atoms with Crippen molar-refractivity contribution in [3.05, 3.63) is 24.0 Å². The number of aromatic nitrogens is 2. The number of nitrogens with zero attached hydrogens (tertiary/aromatic N) is 3. The maximum Gasteiger partial charge on any atom is 0.408 e. The average Bonchev–Trinajstić information content (AvgIpc) is 3.18. The molecule has 1 aromatic carbocycles. The van der Waals surface area contributed by atoms with E-state index >= 15 is 0 Å². The summed E-state index contributed by atoms with van der Waals surface area (Å²) >= 11 is 11.9. The molecule has 2 atom stereocenters. The molecule has 0 saturated carbocycles. The van der Waals surface area contributed by atoms with Gasteiger partial charge in [0.15, 0.2) is 0 Å². The first-order valence-corrected chi connectivity index (χ1v) is 14.7. The van der Waals surface area contributed by atoms with Gasteiger partial charge in [-0.3, -0.25) is 4.79 Å². The summed E-state index contributed by atoms with van der Waals surface area (Å²) in [7, 11) is 1.91. The Hall–Kier alpha value is -2.72. The monoisotopic (exact) mass is 599 g/mol. The van der Waals surface area contributed by atoms with Crippen molar-refractivity contribution in [3.63, 3.8) is 0 Å². The molecule has 1 aromatic heterocycles. The highest BCUT2D eigenvalue weighted by atomic mass is 35.5. The summed E-state index contributed by atoms with van der Waals surface area (Å²) < 4.78 is 12.5. The van der Waals surface area contributed by atoms with E-state index in [0.29, 0.717) is 31.3 Å². The van der Waals surface area contributed by atoms with E-state index in [9.17, 15) is 14.4 Å². The fourth-order valence-corrected chi connectivity index (χ4v) is 4.64. The van der Waals surface area contributed by atoms with Crippen molar-refractivity contribution < 1.29 is 23.9 Å². The third-order valence-corrected chi connectivity index (χ3v) is 6.53. The number of alkyl halides is 2. The summed E-state index contributed by atoms with van der Waals surface area (Å²) in [5.41, 5.74) is 2.01. The molecule has 2 N–H and O–H groups in total. The van der Waals surface area contributed by atoms with Crippen LogP contribution in [0.2, 0.25) is 0 Å². The zero-order chi connectivity index (χ0) is 30.0. The highest BCUT2D eigenvalue weighted by Gasteiger charge is 2.31. The number of benzene rings is 1. The number of imidazole rings is 1. The van der Waals surface area contributed by atoms with E-state index in [2.05, 4.69) is 15.5 Å². The van der Waals surface area contributed by atoms with Gasteiger partial charge in [-0.2, -0.15) is 0 Å². The van der Waals surface area contributed by atoms with E-state index in [4.69, 9.17) is 37.7 Å². The SMILES string of the molecule is CCOC(=O)[C@H](CCc1nc2cc(N(CCCl)CCCl)ccc2n1C)NC(=O)[C@@H](NC(=O)OC(C)(C)C)C(C)C. The van der Waals surface area contributed by atoms with Gasteiger partial charge in [0.1, 0.15) is 23.5 Å². The molecule has 40 heavy (non-hydrogen) atoms. The lowest BCUT2D eigenvalue weighted by Crippen LogP contribution is -2.54. The van der Waals surface area contributed by atoms with Gasteiger partial charge in [-0.05, 0) is 58.2 Å². The lowest BCUT2D eigenvalue weighted by Gasteiger charge is -2.26.